The molecule has 8 bridgehead atoms. The van der Waals surface area contributed by atoms with Gasteiger partial charge in [0.2, 0.25) is 0 Å². The molecular weight excluding hydrogens is 1210 g/mol. The molecule has 0 heterocycles. The number of ether oxygens (including phenoxy) is 2. The Bertz CT molecular complexity index is 3130. The lowest BCUT2D eigenvalue weighted by atomic mass is 9.54. The van der Waals surface area contributed by atoms with Crippen LogP contribution >= 0.6 is 0 Å². The van der Waals surface area contributed by atoms with Gasteiger partial charge in [-0.15, -0.1) is 0 Å². The fourth-order valence-corrected chi connectivity index (χ4v) is 21.4. The summed E-state index contributed by atoms with van der Waals surface area (Å²) in [4.78, 5) is 33.1. The van der Waals surface area contributed by atoms with E-state index < -0.39 is 97.9 Å². The molecule has 15 rings (SSSR count). The smallest absolute Gasteiger partial charge is 0.314 e. The molecule has 9 saturated carbocycles. The molecule has 0 spiro atoms. The van der Waals surface area contributed by atoms with Crippen molar-refractivity contribution in [2.24, 2.45) is 47.3 Å². The van der Waals surface area contributed by atoms with Crippen LogP contribution in [0.3, 0.4) is 0 Å². The lowest BCUT2D eigenvalue weighted by molar-refractivity contribution is -0.292. The summed E-state index contributed by atoms with van der Waals surface area (Å²) in [6, 6.07) is 64.3. The van der Waals surface area contributed by atoms with E-state index in [1.165, 1.54) is 55.6 Å². The number of carbonyl (C=O) groups is 2. The molecule has 6 aromatic rings. The fourth-order valence-electron chi connectivity index (χ4n) is 15.7. The average Bonchev–Trinajstić information content (AvgIpc) is 0.814. The summed E-state index contributed by atoms with van der Waals surface area (Å²) >= 11 is 0. The highest BCUT2D eigenvalue weighted by Gasteiger charge is 2.76. The van der Waals surface area contributed by atoms with Crippen molar-refractivity contribution in [1.82, 2.24) is 0 Å². The minimum absolute atomic E-state index is 0.0146. The van der Waals surface area contributed by atoms with Crippen LogP contribution in [0.2, 0.25) is 0 Å². The molecule has 19 heteroatoms. The van der Waals surface area contributed by atoms with Gasteiger partial charge in [-0.3, -0.25) is 9.59 Å². The molecule has 0 N–H and O–H groups in total. The summed E-state index contributed by atoms with van der Waals surface area (Å²) < 4.78 is 151. The first-order valence-electron chi connectivity index (χ1n) is 30.4. The van der Waals surface area contributed by atoms with Gasteiger partial charge in [-0.2, -0.15) is 0 Å². The van der Waals surface area contributed by atoms with Crippen LogP contribution < -0.4 is 0 Å². The summed E-state index contributed by atoms with van der Waals surface area (Å²) in [5.74, 6) is -15.6. The number of carbonyl (C=O) groups excluding carboxylic acids is 2. The number of esters is 2. The Morgan fingerprint density at radius 1 is 0.432 bits per heavy atom. The first-order chi connectivity index (χ1) is 41.8. The van der Waals surface area contributed by atoms with Crippen molar-refractivity contribution in [3.63, 3.8) is 0 Å². The molecule has 9 fully saturated rings. The van der Waals surface area contributed by atoms with Gasteiger partial charge in [0.05, 0.1) is 59.4 Å². The minimum Gasteiger partial charge on any atom is -0.748 e. The Kier molecular flexibility index (Phi) is 20.1. The van der Waals surface area contributed by atoms with Crippen LogP contribution in [-0.2, 0) is 61.1 Å². The minimum atomic E-state index is -5.48. The molecule has 0 saturated heterocycles. The summed E-state index contributed by atoms with van der Waals surface area (Å²) in [6.07, 6.45) is 7.27. The molecule has 470 valence electrons. The molecule has 0 aromatic heterocycles. The predicted molar refractivity (Wildman–Crippen MR) is 326 cm³/mol. The maximum Gasteiger partial charge on any atom is 0.314 e. The highest BCUT2D eigenvalue weighted by molar-refractivity contribution is 7.97. The number of benzene rings is 6. The van der Waals surface area contributed by atoms with Gasteiger partial charge in [0.25, 0.3) is 17.5 Å². The van der Waals surface area contributed by atoms with Crippen molar-refractivity contribution in [1.29, 1.82) is 0 Å². The lowest BCUT2D eigenvalue weighted by Crippen LogP contribution is -2.67. The zero-order valence-electron chi connectivity index (χ0n) is 49.1. The van der Waals surface area contributed by atoms with Gasteiger partial charge in [0.15, 0.2) is 29.4 Å². The summed E-state index contributed by atoms with van der Waals surface area (Å²) in [7, 11) is -9.89. The van der Waals surface area contributed by atoms with Crippen LogP contribution in [0.1, 0.15) is 103 Å². The Labute approximate surface area is 520 Å². The number of hydrogen-bond acceptors (Lipinski definition) is 10. The van der Waals surface area contributed by atoms with E-state index in [1.54, 1.807) is 0 Å². The molecule has 2 unspecified atom stereocenters. The lowest BCUT2D eigenvalue weighted by Gasteiger charge is -2.56. The van der Waals surface area contributed by atoms with Crippen molar-refractivity contribution < 1.29 is 67.0 Å². The zero-order chi connectivity index (χ0) is 62.5. The van der Waals surface area contributed by atoms with E-state index in [0.29, 0.717) is 37.0 Å². The van der Waals surface area contributed by atoms with Gasteiger partial charge in [-0.25, -0.2) is 38.8 Å². The zero-order valence-corrected chi connectivity index (χ0v) is 52.3. The normalized spacial score (nSPS) is 27.2. The fraction of sp³-hybridized carbons (Fsp3) is 0.449. The number of hydrogen-bond donors (Lipinski definition) is 0. The molecule has 10 nitrogen and oxygen atoms in total. The second-order valence-electron chi connectivity index (χ2n) is 25.4. The Morgan fingerprint density at radius 2 is 0.670 bits per heavy atom. The van der Waals surface area contributed by atoms with Crippen LogP contribution in [0.5, 0.6) is 0 Å². The van der Waals surface area contributed by atoms with Gasteiger partial charge in [-0.1, -0.05) is 116 Å². The van der Waals surface area contributed by atoms with Crippen LogP contribution in [0, 0.1) is 47.3 Å². The van der Waals surface area contributed by atoms with Crippen LogP contribution in [-0.4, -0.2) is 78.1 Å². The third-order valence-corrected chi connectivity index (χ3v) is 24.6. The van der Waals surface area contributed by atoms with Gasteiger partial charge in [-0.05, 0) is 192 Å². The third kappa shape index (κ3) is 15.6. The average molecular weight is 1290 g/mol. The van der Waals surface area contributed by atoms with Gasteiger partial charge in [0.1, 0.15) is 17.1 Å². The first-order valence-corrected chi connectivity index (χ1v) is 36.0. The van der Waals surface area contributed by atoms with Gasteiger partial charge >= 0.3 is 11.9 Å². The first kappa shape index (κ1) is 65.4. The quantitative estimate of drug-likeness (QED) is 0.0418. The molecule has 0 radical (unpaired) electrons. The van der Waals surface area contributed by atoms with Crippen molar-refractivity contribution in [2.75, 3.05) is 11.5 Å². The monoisotopic (exact) mass is 1290 g/mol. The van der Waals surface area contributed by atoms with E-state index in [4.69, 9.17) is 9.47 Å². The maximum absolute atomic E-state index is 15.5. The third-order valence-electron chi connectivity index (χ3n) is 18.5. The highest BCUT2D eigenvalue weighted by atomic mass is 32.2. The van der Waals surface area contributed by atoms with E-state index in [1.807, 2.05) is 0 Å². The number of alkyl halides is 5. The predicted octanol–water partition coefficient (Wildman–Crippen LogP) is 15.1. The van der Waals surface area contributed by atoms with Crippen LogP contribution in [0.15, 0.2) is 211 Å². The summed E-state index contributed by atoms with van der Waals surface area (Å²) in [6.45, 7) is 1.46. The number of halogens is 5. The molecule has 2 atom stereocenters. The SMILES string of the molecule is CC(CS(=O)(=O)[O-])C(=O)OC12CC3CC(CC(C3)C1)C2.O=C(OC12CC3CC(CC(C3)C1)C2)C(CS(=O)(=O)[O-])C1(F)C(F)(F)CCCC1(F)F.c1ccc([S+](c2ccccc2)c2ccccc2)cc1.c1ccc([S+](c2ccccc2)c2ccccc2)cc1. The highest BCUT2D eigenvalue weighted by Crippen LogP contribution is 2.61. The van der Waals surface area contributed by atoms with Crippen LogP contribution in [0.4, 0.5) is 22.0 Å². The topological polar surface area (TPSA) is 167 Å². The van der Waals surface area contributed by atoms with E-state index in [2.05, 4.69) is 182 Å². The van der Waals surface area contributed by atoms with Gasteiger partial charge in [0, 0.05) is 12.8 Å². The summed E-state index contributed by atoms with van der Waals surface area (Å²) in [5.41, 5.74) is -6.27. The second-order valence-corrected chi connectivity index (χ2v) is 32.4. The van der Waals surface area contributed by atoms with Crippen molar-refractivity contribution in [2.45, 2.75) is 161 Å². The van der Waals surface area contributed by atoms with Gasteiger partial charge < -0.3 is 18.6 Å². The molecule has 88 heavy (non-hydrogen) atoms. The van der Waals surface area contributed by atoms with Crippen LogP contribution in [0.25, 0.3) is 0 Å². The molecule has 6 aromatic carbocycles. The molecule has 0 aliphatic heterocycles. The Balaban J connectivity index is 0.000000132. The number of rotatable bonds is 15. The maximum atomic E-state index is 15.5. The molecular formula is C69H75F5O10S4. The molecule has 0 amide bonds. The van der Waals surface area contributed by atoms with E-state index in [-0.39, 0.29) is 45.1 Å². The van der Waals surface area contributed by atoms with Crippen molar-refractivity contribution >= 4 is 54.0 Å². The van der Waals surface area contributed by atoms with E-state index >= 15 is 4.39 Å². The van der Waals surface area contributed by atoms with E-state index in [0.717, 1.165) is 38.5 Å². The summed E-state index contributed by atoms with van der Waals surface area (Å²) in [5, 5.41) is 0. The van der Waals surface area contributed by atoms with Crippen molar-refractivity contribution in [3.05, 3.63) is 182 Å². The second kappa shape index (κ2) is 27.1. The standard InChI is InChI=1S/C19H25F5O5S.2C18H15S.C14H22O5S/c20-17(21)2-1-3-18(22,23)19(17,24)14(10-30(26,27)28)15(25)29-16-7-11-4-12(8-16)6-13(5-11)9-16;2*1-4-10-16(11-5-1)19(17-12-6-2-7-13-17)18-14-8-3-9-15-18;1-9(8-20(16,17)18)13(15)19-14-5-10-2-11(6-14)4-12(3-10)7-14/h11-14H,1-10H2,(H,26,27,28);2*1-15H;9-12H,2-8H2,1H3,(H,16,17,18)/q;2*+1;/p-2. The molecule has 9 aliphatic rings. The Morgan fingerprint density at radius 3 is 0.909 bits per heavy atom. The van der Waals surface area contributed by atoms with Crippen molar-refractivity contribution in [3.8, 4) is 0 Å². The largest absolute Gasteiger partial charge is 0.748 e. The van der Waals surface area contributed by atoms with E-state index in [9.17, 15) is 53.1 Å². The molecule has 9 aliphatic carbocycles. The Hall–Kier alpha value is -5.57.